The minimum absolute atomic E-state index is 0.176. The van der Waals surface area contributed by atoms with Gasteiger partial charge in [-0.1, -0.05) is 60.7 Å². The van der Waals surface area contributed by atoms with Crippen molar-refractivity contribution in [2.24, 2.45) is 5.92 Å². The van der Waals surface area contributed by atoms with Crippen LogP contribution in [0.4, 0.5) is 0 Å². The highest BCUT2D eigenvalue weighted by molar-refractivity contribution is 7.96. The second-order valence-electron chi connectivity index (χ2n) is 7.21. The monoisotopic (exact) mass is 394 g/mol. The molecule has 28 heavy (non-hydrogen) atoms. The molecule has 2 heterocycles. The van der Waals surface area contributed by atoms with E-state index in [0.717, 1.165) is 25.1 Å². The van der Waals surface area contributed by atoms with Crippen molar-refractivity contribution in [3.05, 3.63) is 83.6 Å². The van der Waals surface area contributed by atoms with Crippen LogP contribution in [0.1, 0.15) is 24.0 Å². The quantitative estimate of drug-likeness (QED) is 0.650. The molecule has 0 spiro atoms. The molecule has 1 saturated heterocycles. The van der Waals surface area contributed by atoms with Crippen molar-refractivity contribution < 1.29 is 9.53 Å². The van der Waals surface area contributed by atoms with Gasteiger partial charge in [0.25, 0.3) is 0 Å². The van der Waals surface area contributed by atoms with E-state index in [1.165, 1.54) is 16.8 Å². The van der Waals surface area contributed by atoms with E-state index >= 15 is 0 Å². The summed E-state index contributed by atoms with van der Waals surface area (Å²) >= 11 is 1.71. The third kappa shape index (κ3) is 4.59. The van der Waals surface area contributed by atoms with Crippen molar-refractivity contribution in [3.63, 3.8) is 0 Å². The maximum absolute atomic E-state index is 12.9. The van der Waals surface area contributed by atoms with Gasteiger partial charge in [-0.2, -0.15) is 0 Å². The van der Waals surface area contributed by atoms with Gasteiger partial charge in [-0.15, -0.1) is 0 Å². The van der Waals surface area contributed by atoms with Crippen LogP contribution in [0.2, 0.25) is 0 Å². The molecule has 0 N–H and O–H groups in total. The molecule has 1 fully saturated rings. The molecule has 146 valence electrons. The number of amides is 1. The van der Waals surface area contributed by atoms with Crippen LogP contribution in [-0.2, 0) is 21.7 Å². The van der Waals surface area contributed by atoms with Crippen LogP contribution in [0.15, 0.2) is 72.4 Å². The number of rotatable bonds is 7. The van der Waals surface area contributed by atoms with E-state index < -0.39 is 0 Å². The number of fused-ring (bicyclic) bond motifs is 1. The fraction of sp³-hybridized carbons (Fsp3) is 0.348. The average Bonchev–Trinajstić information content (AvgIpc) is 2.74. The van der Waals surface area contributed by atoms with Crippen LogP contribution < -0.4 is 0 Å². The van der Waals surface area contributed by atoms with Gasteiger partial charge in [0.2, 0.25) is 5.91 Å². The molecular formula is C23H26N2O2S. The summed E-state index contributed by atoms with van der Waals surface area (Å²) in [4.78, 5) is 12.9. The minimum Gasteiger partial charge on any atom is -0.377 e. The first-order chi connectivity index (χ1) is 13.8. The number of carbonyl (C=O) groups excluding carboxylic acids is 1. The molecule has 1 amide bonds. The first-order valence-electron chi connectivity index (χ1n) is 9.90. The highest BCUT2D eigenvalue weighted by Gasteiger charge is 2.37. The lowest BCUT2D eigenvalue weighted by Crippen LogP contribution is -2.51. The van der Waals surface area contributed by atoms with E-state index in [-0.39, 0.29) is 11.8 Å². The van der Waals surface area contributed by atoms with Crippen molar-refractivity contribution in [1.29, 1.82) is 0 Å². The van der Waals surface area contributed by atoms with Crippen LogP contribution in [0.3, 0.4) is 0 Å². The lowest BCUT2D eigenvalue weighted by Gasteiger charge is -2.45. The summed E-state index contributed by atoms with van der Waals surface area (Å²) in [5.74, 6) is 1.21. The van der Waals surface area contributed by atoms with E-state index in [9.17, 15) is 4.79 Å². The van der Waals surface area contributed by atoms with Gasteiger partial charge >= 0.3 is 0 Å². The van der Waals surface area contributed by atoms with Crippen LogP contribution in [0.25, 0.3) is 0 Å². The zero-order valence-corrected chi connectivity index (χ0v) is 16.8. The number of nitrogens with zero attached hydrogens (tertiary/aromatic N) is 2. The molecule has 5 heteroatoms. The van der Waals surface area contributed by atoms with Gasteiger partial charge in [0, 0.05) is 24.6 Å². The van der Waals surface area contributed by atoms with Crippen LogP contribution >= 0.6 is 11.9 Å². The number of hydrogen-bond acceptors (Lipinski definition) is 4. The fourth-order valence-electron chi connectivity index (χ4n) is 3.71. The van der Waals surface area contributed by atoms with Crippen molar-refractivity contribution >= 4 is 17.9 Å². The highest BCUT2D eigenvalue weighted by atomic mass is 32.2. The number of hydrogen-bond donors (Lipinski definition) is 0. The van der Waals surface area contributed by atoms with E-state index in [1.54, 1.807) is 11.9 Å². The summed E-state index contributed by atoms with van der Waals surface area (Å²) in [5, 5.41) is 1.95. The standard InChI is InChI=1S/C23H26N2O2S/c26-23-16-21-17-27-15-13-22(21)25(28-18-20-10-5-2-6-11-20)24(23)14-7-12-19-8-3-1-4-9-19/h1-6,8-11,13,21H,7,12,14-18H2. The van der Waals surface area contributed by atoms with Crippen molar-refractivity contribution in [2.45, 2.75) is 25.0 Å². The molecule has 0 aromatic heterocycles. The van der Waals surface area contributed by atoms with E-state index in [1.807, 2.05) is 17.1 Å². The summed E-state index contributed by atoms with van der Waals surface area (Å²) in [6.07, 6.45) is 4.61. The number of benzene rings is 2. The van der Waals surface area contributed by atoms with Gasteiger partial charge in [0.1, 0.15) is 0 Å². The number of ether oxygens (including phenoxy) is 1. The van der Waals surface area contributed by atoms with Crippen molar-refractivity contribution in [3.8, 4) is 0 Å². The number of carbonyl (C=O) groups is 1. The number of aryl methyl sites for hydroxylation is 1. The molecule has 4 nitrogen and oxygen atoms in total. The van der Waals surface area contributed by atoms with E-state index in [2.05, 4.69) is 59.0 Å². The highest BCUT2D eigenvalue weighted by Crippen LogP contribution is 2.37. The van der Waals surface area contributed by atoms with E-state index in [4.69, 9.17) is 4.74 Å². The smallest absolute Gasteiger partial charge is 0.242 e. The molecule has 0 aliphatic carbocycles. The lowest BCUT2D eigenvalue weighted by molar-refractivity contribution is -0.146. The van der Waals surface area contributed by atoms with Crippen molar-refractivity contribution in [2.75, 3.05) is 19.8 Å². The molecule has 0 saturated carbocycles. The van der Waals surface area contributed by atoms with Gasteiger partial charge in [0.05, 0.1) is 18.9 Å². The van der Waals surface area contributed by atoms with Crippen LogP contribution in [0, 0.1) is 5.92 Å². The SMILES string of the molecule is O=C1CC2COCC=C2N(SCc2ccccc2)N1CCCc1ccccc1. The Bertz CT molecular complexity index is 810. The van der Waals surface area contributed by atoms with Gasteiger partial charge < -0.3 is 4.74 Å². The maximum Gasteiger partial charge on any atom is 0.242 e. The predicted octanol–water partition coefficient (Wildman–Crippen LogP) is 4.45. The Morgan fingerprint density at radius 1 is 1.00 bits per heavy atom. The van der Waals surface area contributed by atoms with Crippen molar-refractivity contribution in [1.82, 2.24) is 9.42 Å². The summed E-state index contributed by atoms with van der Waals surface area (Å²) in [6, 6.07) is 20.9. The minimum atomic E-state index is 0.176. The molecule has 1 unspecified atom stereocenters. The van der Waals surface area contributed by atoms with E-state index in [0.29, 0.717) is 19.6 Å². The molecule has 0 radical (unpaired) electrons. The predicted molar refractivity (Wildman–Crippen MR) is 113 cm³/mol. The summed E-state index contributed by atoms with van der Waals surface area (Å²) < 4.78 is 7.74. The molecular weight excluding hydrogens is 368 g/mol. The second-order valence-corrected chi connectivity index (χ2v) is 8.10. The number of hydrazine groups is 1. The topological polar surface area (TPSA) is 32.8 Å². The van der Waals surface area contributed by atoms with Gasteiger partial charge in [-0.3, -0.25) is 4.79 Å². The Hall–Kier alpha value is -2.24. The van der Waals surface area contributed by atoms with Gasteiger partial charge in [-0.05, 0) is 42.0 Å². The zero-order valence-electron chi connectivity index (χ0n) is 16.0. The maximum atomic E-state index is 12.9. The zero-order chi connectivity index (χ0) is 19.2. The Kier molecular flexibility index (Phi) is 6.34. The molecule has 2 aromatic carbocycles. The van der Waals surface area contributed by atoms with Gasteiger partial charge in [-0.25, -0.2) is 9.42 Å². The molecule has 0 bridgehead atoms. The Balaban J connectivity index is 1.46. The van der Waals surface area contributed by atoms with Gasteiger partial charge in [0.15, 0.2) is 0 Å². The lowest BCUT2D eigenvalue weighted by atomic mass is 9.98. The molecule has 2 aliphatic rings. The Morgan fingerprint density at radius 3 is 2.46 bits per heavy atom. The summed E-state index contributed by atoms with van der Waals surface area (Å²) in [6.45, 7) is 2.00. The third-order valence-corrected chi connectivity index (χ3v) is 6.29. The van der Waals surface area contributed by atoms with Crippen LogP contribution in [-0.4, -0.2) is 35.1 Å². The fourth-order valence-corrected chi connectivity index (χ4v) is 4.86. The summed E-state index contributed by atoms with van der Waals surface area (Å²) in [5.41, 5.74) is 3.81. The largest absolute Gasteiger partial charge is 0.377 e. The average molecular weight is 395 g/mol. The van der Waals surface area contributed by atoms with Crippen LogP contribution in [0.5, 0.6) is 0 Å². The normalized spacial score (nSPS) is 19.4. The first kappa shape index (κ1) is 19.1. The molecule has 4 rings (SSSR count). The summed E-state index contributed by atoms with van der Waals surface area (Å²) in [7, 11) is 0. The molecule has 2 aromatic rings. The third-order valence-electron chi connectivity index (χ3n) is 5.17. The second kappa shape index (κ2) is 9.30. The Morgan fingerprint density at radius 2 is 1.71 bits per heavy atom. The first-order valence-corrected chi connectivity index (χ1v) is 10.8. The molecule has 2 aliphatic heterocycles. The Labute approximate surface area is 171 Å². The molecule has 1 atom stereocenters.